The highest BCUT2D eigenvalue weighted by Gasteiger charge is 2.27. The highest BCUT2D eigenvalue weighted by Crippen LogP contribution is 2.21. The first kappa shape index (κ1) is 10.7. The molecule has 76 valence electrons. The maximum Gasteiger partial charge on any atom is 0.149 e. The van der Waals surface area contributed by atoms with Crippen molar-refractivity contribution in [1.82, 2.24) is 4.90 Å². The van der Waals surface area contributed by atoms with Gasteiger partial charge < -0.3 is 0 Å². The predicted molar refractivity (Wildman–Crippen MR) is 54.6 cm³/mol. The Balaban J connectivity index is 2.36. The van der Waals surface area contributed by atoms with Crippen LogP contribution in [0, 0.1) is 17.8 Å². The van der Waals surface area contributed by atoms with Crippen LogP contribution in [-0.4, -0.2) is 30.3 Å². The predicted octanol–water partition coefficient (Wildman–Crippen LogP) is 1.80. The van der Waals surface area contributed by atoms with Gasteiger partial charge in [0.25, 0.3) is 0 Å². The van der Waals surface area contributed by atoms with Gasteiger partial charge in [0, 0.05) is 19.0 Å². The molecule has 1 aliphatic rings. The molecule has 2 heteroatoms. The molecule has 0 aromatic rings. The van der Waals surface area contributed by atoms with Crippen LogP contribution in [-0.2, 0) is 4.79 Å². The molecule has 0 bridgehead atoms. The van der Waals surface area contributed by atoms with Crippen molar-refractivity contribution in [2.75, 3.05) is 19.6 Å². The minimum atomic E-state index is 0.186. The third-order valence-electron chi connectivity index (χ3n) is 3.09. The van der Waals surface area contributed by atoms with Crippen molar-refractivity contribution in [2.24, 2.45) is 17.8 Å². The molecule has 2 atom stereocenters. The van der Waals surface area contributed by atoms with Crippen molar-refractivity contribution < 1.29 is 4.79 Å². The summed E-state index contributed by atoms with van der Waals surface area (Å²) in [5.41, 5.74) is 0. The van der Waals surface area contributed by atoms with Crippen molar-refractivity contribution in [3.8, 4) is 0 Å². The Morgan fingerprint density at radius 1 is 1.31 bits per heavy atom. The molecule has 2 unspecified atom stereocenters. The summed E-state index contributed by atoms with van der Waals surface area (Å²) in [6.45, 7) is 11.3. The lowest BCUT2D eigenvalue weighted by Crippen LogP contribution is -2.30. The second-order valence-electron chi connectivity index (χ2n) is 4.77. The number of rotatable bonds is 3. The minimum Gasteiger partial charge on any atom is -0.298 e. The number of nitrogens with zero attached hydrogens (tertiary/aromatic N) is 1. The molecular weight excluding hydrogens is 162 g/mol. The topological polar surface area (TPSA) is 20.3 Å². The van der Waals surface area contributed by atoms with Crippen LogP contribution in [0.3, 0.4) is 0 Å². The molecule has 0 amide bonds. The first-order chi connectivity index (χ1) is 6.00. The molecule has 13 heavy (non-hydrogen) atoms. The van der Waals surface area contributed by atoms with Gasteiger partial charge in [-0.05, 0) is 11.8 Å². The van der Waals surface area contributed by atoms with Crippen LogP contribution in [0.2, 0.25) is 0 Å². The highest BCUT2D eigenvalue weighted by molar-refractivity contribution is 5.82. The third kappa shape index (κ3) is 2.80. The molecule has 2 nitrogen and oxygen atoms in total. The van der Waals surface area contributed by atoms with Crippen LogP contribution < -0.4 is 0 Å². The van der Waals surface area contributed by atoms with Gasteiger partial charge in [0.1, 0.15) is 5.78 Å². The highest BCUT2D eigenvalue weighted by atomic mass is 16.1. The zero-order valence-corrected chi connectivity index (χ0v) is 9.21. The van der Waals surface area contributed by atoms with Gasteiger partial charge in [-0.3, -0.25) is 9.69 Å². The van der Waals surface area contributed by atoms with Gasteiger partial charge in [-0.1, -0.05) is 27.7 Å². The second kappa shape index (κ2) is 4.23. The fraction of sp³-hybridized carbons (Fsp3) is 0.909. The Labute approximate surface area is 81.3 Å². The average molecular weight is 183 g/mol. The Morgan fingerprint density at radius 3 is 2.15 bits per heavy atom. The van der Waals surface area contributed by atoms with E-state index < -0.39 is 0 Å². The van der Waals surface area contributed by atoms with E-state index in [1.165, 1.54) is 0 Å². The van der Waals surface area contributed by atoms with Crippen LogP contribution in [0.5, 0.6) is 0 Å². The fourth-order valence-corrected chi connectivity index (χ4v) is 1.78. The fourth-order valence-electron chi connectivity index (χ4n) is 1.78. The molecule has 1 saturated heterocycles. The molecular formula is C11H21NO. The molecule has 1 heterocycles. The Bertz CT molecular complexity index is 179. The monoisotopic (exact) mass is 183 g/mol. The minimum absolute atomic E-state index is 0.186. The lowest BCUT2D eigenvalue weighted by Gasteiger charge is -2.15. The SMILES string of the molecule is CC(C)C(=O)CN1CC(C)C(C)C1. The molecule has 1 aliphatic heterocycles. The van der Waals surface area contributed by atoms with E-state index in [0.717, 1.165) is 24.9 Å². The summed E-state index contributed by atoms with van der Waals surface area (Å²) in [5, 5.41) is 0. The summed E-state index contributed by atoms with van der Waals surface area (Å²) in [6.07, 6.45) is 0. The number of carbonyl (C=O) groups excluding carboxylic acids is 1. The summed E-state index contributed by atoms with van der Waals surface area (Å²) >= 11 is 0. The summed E-state index contributed by atoms with van der Waals surface area (Å²) in [7, 11) is 0. The van der Waals surface area contributed by atoms with Crippen molar-refractivity contribution in [2.45, 2.75) is 27.7 Å². The van der Waals surface area contributed by atoms with E-state index in [-0.39, 0.29) is 5.92 Å². The molecule has 0 aromatic carbocycles. The maximum absolute atomic E-state index is 11.5. The molecule has 0 aliphatic carbocycles. The summed E-state index contributed by atoms with van der Waals surface area (Å²) < 4.78 is 0. The molecule has 1 rings (SSSR count). The van der Waals surface area contributed by atoms with E-state index in [2.05, 4.69) is 18.7 Å². The number of hydrogen-bond donors (Lipinski definition) is 0. The van der Waals surface area contributed by atoms with Gasteiger partial charge in [0.05, 0.1) is 6.54 Å². The smallest absolute Gasteiger partial charge is 0.149 e. The normalized spacial score (nSPS) is 29.9. The van der Waals surface area contributed by atoms with Gasteiger partial charge in [0.15, 0.2) is 0 Å². The van der Waals surface area contributed by atoms with Crippen LogP contribution in [0.4, 0.5) is 0 Å². The first-order valence-electron chi connectivity index (χ1n) is 5.25. The summed E-state index contributed by atoms with van der Waals surface area (Å²) in [4.78, 5) is 13.8. The third-order valence-corrected chi connectivity index (χ3v) is 3.09. The van der Waals surface area contributed by atoms with Gasteiger partial charge in [-0.25, -0.2) is 0 Å². The number of carbonyl (C=O) groups is 1. The van der Waals surface area contributed by atoms with Crippen LogP contribution >= 0.6 is 0 Å². The van der Waals surface area contributed by atoms with E-state index in [9.17, 15) is 4.79 Å². The lowest BCUT2D eigenvalue weighted by molar-refractivity contribution is -0.122. The van der Waals surface area contributed by atoms with Crippen molar-refractivity contribution >= 4 is 5.78 Å². The summed E-state index contributed by atoms with van der Waals surface area (Å²) in [6, 6.07) is 0. The molecule has 0 aromatic heterocycles. The van der Waals surface area contributed by atoms with Crippen molar-refractivity contribution in [1.29, 1.82) is 0 Å². The van der Waals surface area contributed by atoms with Crippen LogP contribution in [0.15, 0.2) is 0 Å². The van der Waals surface area contributed by atoms with Gasteiger partial charge in [-0.15, -0.1) is 0 Å². The van der Waals surface area contributed by atoms with Gasteiger partial charge in [-0.2, -0.15) is 0 Å². The van der Waals surface area contributed by atoms with E-state index in [0.29, 0.717) is 12.3 Å². The molecule has 0 radical (unpaired) electrons. The molecule has 0 N–H and O–H groups in total. The zero-order chi connectivity index (χ0) is 10.0. The first-order valence-corrected chi connectivity index (χ1v) is 5.25. The van der Waals surface area contributed by atoms with Crippen LogP contribution in [0.25, 0.3) is 0 Å². The Hall–Kier alpha value is -0.370. The number of hydrogen-bond acceptors (Lipinski definition) is 2. The Kier molecular flexibility index (Phi) is 3.48. The number of Topliss-reactive ketones (excluding diaryl/α,β-unsaturated/α-hetero) is 1. The van der Waals surface area contributed by atoms with Gasteiger partial charge >= 0.3 is 0 Å². The zero-order valence-electron chi connectivity index (χ0n) is 9.21. The quantitative estimate of drug-likeness (QED) is 0.665. The molecule has 0 spiro atoms. The van der Waals surface area contributed by atoms with E-state index >= 15 is 0 Å². The standard InChI is InChI=1S/C11H21NO/c1-8(2)11(13)7-12-5-9(3)10(4)6-12/h8-10H,5-7H2,1-4H3. The lowest BCUT2D eigenvalue weighted by atomic mass is 10.0. The van der Waals surface area contributed by atoms with Crippen molar-refractivity contribution in [3.05, 3.63) is 0 Å². The Morgan fingerprint density at radius 2 is 1.77 bits per heavy atom. The largest absolute Gasteiger partial charge is 0.298 e. The second-order valence-corrected chi connectivity index (χ2v) is 4.77. The average Bonchev–Trinajstić information content (AvgIpc) is 2.31. The van der Waals surface area contributed by atoms with E-state index in [1.54, 1.807) is 0 Å². The summed E-state index contributed by atoms with van der Waals surface area (Å²) in [5.74, 6) is 2.06. The van der Waals surface area contributed by atoms with Crippen molar-refractivity contribution in [3.63, 3.8) is 0 Å². The molecule has 0 saturated carbocycles. The van der Waals surface area contributed by atoms with E-state index in [1.807, 2.05) is 13.8 Å². The van der Waals surface area contributed by atoms with Gasteiger partial charge in [0.2, 0.25) is 0 Å². The maximum atomic E-state index is 11.5. The number of ketones is 1. The van der Waals surface area contributed by atoms with Crippen LogP contribution in [0.1, 0.15) is 27.7 Å². The number of likely N-dealkylation sites (tertiary alicyclic amines) is 1. The molecule has 1 fully saturated rings. The van der Waals surface area contributed by atoms with E-state index in [4.69, 9.17) is 0 Å².